The molecular formula is C30H42FN5O4. The van der Waals surface area contributed by atoms with Crippen molar-refractivity contribution in [3.05, 3.63) is 52.9 Å². The topological polar surface area (TPSA) is 88.9 Å². The van der Waals surface area contributed by atoms with Gasteiger partial charge in [0.1, 0.15) is 17.2 Å². The lowest BCUT2D eigenvalue weighted by atomic mass is 9.95. The van der Waals surface area contributed by atoms with Gasteiger partial charge in [0.15, 0.2) is 0 Å². The van der Waals surface area contributed by atoms with Crippen LogP contribution in [0.2, 0.25) is 0 Å². The van der Waals surface area contributed by atoms with E-state index in [2.05, 4.69) is 21.7 Å². The fourth-order valence-electron chi connectivity index (χ4n) is 6.90. The number of benzene rings is 1. The van der Waals surface area contributed by atoms with E-state index in [0.29, 0.717) is 37.6 Å². The third kappa shape index (κ3) is 6.11. The largest absolute Gasteiger partial charge is 0.453 e. The van der Waals surface area contributed by atoms with Crippen LogP contribution in [0, 0.1) is 12.7 Å². The number of imidazole rings is 1. The van der Waals surface area contributed by atoms with Gasteiger partial charge in [-0.15, -0.1) is 0 Å². The van der Waals surface area contributed by atoms with Gasteiger partial charge in [-0.05, 0) is 77.5 Å². The van der Waals surface area contributed by atoms with Gasteiger partial charge < -0.3 is 24.3 Å². The number of hydrogen-bond donors (Lipinski definition) is 1. The maximum atomic E-state index is 14.1. The first-order chi connectivity index (χ1) is 19.0. The van der Waals surface area contributed by atoms with E-state index in [4.69, 9.17) is 14.5 Å². The molecule has 0 radical (unpaired) electrons. The molecule has 10 heteroatoms. The van der Waals surface area contributed by atoms with Gasteiger partial charge in [-0.1, -0.05) is 12.1 Å². The number of rotatable bonds is 6. The summed E-state index contributed by atoms with van der Waals surface area (Å²) in [5.74, 6) is 0.699. The molecule has 3 aliphatic rings. The van der Waals surface area contributed by atoms with E-state index in [1.54, 1.807) is 11.0 Å². The van der Waals surface area contributed by atoms with Crippen molar-refractivity contribution in [2.45, 2.75) is 103 Å². The van der Waals surface area contributed by atoms with Crippen molar-refractivity contribution >= 4 is 12.2 Å². The minimum atomic E-state index is -0.611. The van der Waals surface area contributed by atoms with Crippen LogP contribution in [0.4, 0.5) is 14.0 Å². The van der Waals surface area contributed by atoms with Crippen molar-refractivity contribution in [2.24, 2.45) is 0 Å². The first-order valence-corrected chi connectivity index (χ1v) is 14.4. The number of carbonyl (C=O) groups is 2. The summed E-state index contributed by atoms with van der Waals surface area (Å²) in [5, 5.41) is 2.99. The maximum Gasteiger partial charge on any atom is 0.409 e. The molecule has 2 bridgehead atoms. The Morgan fingerprint density at radius 1 is 1.18 bits per heavy atom. The van der Waals surface area contributed by atoms with Gasteiger partial charge in [0.05, 0.1) is 25.4 Å². The zero-order chi connectivity index (χ0) is 28.6. The fourth-order valence-corrected chi connectivity index (χ4v) is 6.90. The summed E-state index contributed by atoms with van der Waals surface area (Å²) in [6.45, 7) is 9.52. The second-order valence-electron chi connectivity index (χ2n) is 12.4. The number of piperidine rings is 1. The van der Waals surface area contributed by atoms with E-state index in [9.17, 15) is 14.0 Å². The molecule has 4 heterocycles. The van der Waals surface area contributed by atoms with Gasteiger partial charge in [-0.3, -0.25) is 4.90 Å². The van der Waals surface area contributed by atoms with Gasteiger partial charge in [-0.2, -0.15) is 0 Å². The van der Waals surface area contributed by atoms with Crippen molar-refractivity contribution in [1.29, 1.82) is 0 Å². The Kier molecular flexibility index (Phi) is 8.08. The van der Waals surface area contributed by atoms with Crippen LogP contribution in [0.1, 0.15) is 87.7 Å². The molecule has 1 aromatic carbocycles. The van der Waals surface area contributed by atoms with Crippen molar-refractivity contribution < 1.29 is 23.5 Å². The van der Waals surface area contributed by atoms with Crippen molar-refractivity contribution in [1.82, 2.24) is 24.7 Å². The third-order valence-electron chi connectivity index (χ3n) is 8.50. The maximum absolute atomic E-state index is 14.1. The number of hydrogen-bond acceptors (Lipinski definition) is 6. The van der Waals surface area contributed by atoms with Gasteiger partial charge in [0.25, 0.3) is 0 Å². The molecule has 9 nitrogen and oxygen atoms in total. The standard InChI is InChI=1S/C30H42FN5O4/c1-19-32-26-18-34(29(38)39-5)13-12-27(26)36(19)24-16-22-9-10-23(17-24)35(22)14-11-25(20-7-6-8-21(31)15-20)33-28(37)40-30(2,3)4/h6-8,15,22-25H,9-14,16-18H2,1-5H3,(H,33,37)/t22-,23+,24+,25-/m0/s1. The molecule has 1 N–H and O–H groups in total. The monoisotopic (exact) mass is 555 g/mol. The number of aromatic nitrogens is 2. The fraction of sp³-hybridized carbons (Fsp3) is 0.633. The average Bonchev–Trinajstić information content (AvgIpc) is 3.34. The molecule has 0 unspecified atom stereocenters. The molecule has 5 rings (SSSR count). The second-order valence-corrected chi connectivity index (χ2v) is 12.4. The van der Waals surface area contributed by atoms with Crippen LogP contribution in [-0.2, 0) is 22.4 Å². The molecule has 2 saturated heterocycles. The number of nitrogens with one attached hydrogen (secondary N) is 1. The van der Waals surface area contributed by atoms with E-state index in [-0.39, 0.29) is 18.0 Å². The first kappa shape index (κ1) is 28.4. The Balaban J connectivity index is 1.26. The Hall–Kier alpha value is -3.14. The number of methoxy groups -OCH3 is 1. The number of aryl methyl sites for hydroxylation is 1. The highest BCUT2D eigenvalue weighted by Crippen LogP contribution is 2.43. The number of fused-ring (bicyclic) bond motifs is 3. The van der Waals surface area contributed by atoms with Gasteiger partial charge in [0, 0.05) is 43.3 Å². The van der Waals surface area contributed by atoms with Gasteiger partial charge in [0.2, 0.25) is 0 Å². The van der Waals surface area contributed by atoms with E-state index >= 15 is 0 Å². The molecule has 218 valence electrons. The lowest BCUT2D eigenvalue weighted by molar-refractivity contribution is 0.0488. The molecule has 40 heavy (non-hydrogen) atoms. The molecular weight excluding hydrogens is 513 g/mol. The number of ether oxygens (including phenoxy) is 2. The minimum Gasteiger partial charge on any atom is -0.453 e. The van der Waals surface area contributed by atoms with Crippen molar-refractivity contribution in [3.8, 4) is 0 Å². The molecule has 0 saturated carbocycles. The highest BCUT2D eigenvalue weighted by molar-refractivity contribution is 5.68. The summed E-state index contributed by atoms with van der Waals surface area (Å²) in [5.41, 5.74) is 2.37. The number of alkyl carbamates (subject to hydrolysis) is 1. The number of halogens is 1. The van der Waals surface area contributed by atoms with Crippen LogP contribution >= 0.6 is 0 Å². The Morgan fingerprint density at radius 2 is 1.90 bits per heavy atom. The predicted octanol–water partition coefficient (Wildman–Crippen LogP) is 5.28. The number of nitrogens with zero attached hydrogens (tertiary/aromatic N) is 4. The molecule has 0 aliphatic carbocycles. The van der Waals surface area contributed by atoms with E-state index in [1.165, 1.54) is 24.9 Å². The van der Waals surface area contributed by atoms with E-state index in [1.807, 2.05) is 26.8 Å². The quantitative estimate of drug-likeness (QED) is 0.522. The molecule has 1 aromatic heterocycles. The summed E-state index contributed by atoms with van der Waals surface area (Å²) in [6.07, 6.45) is 5.05. The van der Waals surface area contributed by atoms with Gasteiger partial charge in [-0.25, -0.2) is 19.0 Å². The lowest BCUT2D eigenvalue weighted by Crippen LogP contribution is -2.45. The van der Waals surface area contributed by atoms with Crippen LogP contribution in [0.15, 0.2) is 24.3 Å². The summed E-state index contributed by atoms with van der Waals surface area (Å²) >= 11 is 0. The van der Waals surface area contributed by atoms with Crippen molar-refractivity contribution in [2.75, 3.05) is 20.2 Å². The third-order valence-corrected chi connectivity index (χ3v) is 8.50. The lowest BCUT2D eigenvalue weighted by Gasteiger charge is -2.41. The van der Waals surface area contributed by atoms with E-state index < -0.39 is 11.7 Å². The normalized spacial score (nSPS) is 23.4. The average molecular weight is 556 g/mol. The molecule has 0 spiro atoms. The first-order valence-electron chi connectivity index (χ1n) is 14.4. The zero-order valence-corrected chi connectivity index (χ0v) is 24.3. The highest BCUT2D eigenvalue weighted by atomic mass is 19.1. The van der Waals surface area contributed by atoms with Crippen LogP contribution in [0.25, 0.3) is 0 Å². The SMILES string of the molecule is COC(=O)N1CCc2c(nc(C)n2[C@H]2C[C@H]3CC[C@@H](C2)N3CC[C@H](NC(=O)OC(C)(C)C)c2cccc(F)c2)C1. The van der Waals surface area contributed by atoms with Crippen LogP contribution < -0.4 is 5.32 Å². The Labute approximate surface area is 236 Å². The molecule has 2 aromatic rings. The Morgan fingerprint density at radius 3 is 2.55 bits per heavy atom. The summed E-state index contributed by atoms with van der Waals surface area (Å²) in [4.78, 5) is 33.9. The van der Waals surface area contributed by atoms with Crippen LogP contribution in [0.3, 0.4) is 0 Å². The van der Waals surface area contributed by atoms with Gasteiger partial charge >= 0.3 is 12.2 Å². The van der Waals surface area contributed by atoms with Crippen molar-refractivity contribution in [3.63, 3.8) is 0 Å². The predicted molar refractivity (Wildman–Crippen MR) is 148 cm³/mol. The molecule has 2 amide bonds. The summed E-state index contributed by atoms with van der Waals surface area (Å²) < 4.78 is 27.0. The Bertz CT molecular complexity index is 1230. The minimum absolute atomic E-state index is 0.304. The highest BCUT2D eigenvalue weighted by Gasteiger charge is 2.42. The zero-order valence-electron chi connectivity index (χ0n) is 24.3. The summed E-state index contributed by atoms with van der Waals surface area (Å²) in [7, 11) is 1.42. The number of amides is 2. The second kappa shape index (κ2) is 11.4. The number of carbonyl (C=O) groups excluding carboxylic acids is 2. The molecule has 2 fully saturated rings. The van der Waals surface area contributed by atoms with Crippen LogP contribution in [0.5, 0.6) is 0 Å². The molecule has 4 atom stereocenters. The summed E-state index contributed by atoms with van der Waals surface area (Å²) in [6, 6.07) is 7.40. The van der Waals surface area contributed by atoms with Crippen LogP contribution in [-0.4, -0.2) is 69.4 Å². The smallest absolute Gasteiger partial charge is 0.409 e. The molecule has 3 aliphatic heterocycles. The van der Waals surface area contributed by atoms with E-state index in [0.717, 1.165) is 55.7 Å².